The molecule has 2 heterocycles. The molecule has 1 saturated heterocycles. The number of nitrogens with one attached hydrogen (secondary N) is 1. The molecule has 0 saturated carbocycles. The van der Waals surface area contributed by atoms with Crippen molar-refractivity contribution in [3.63, 3.8) is 0 Å². The number of guanidine groups is 1. The van der Waals surface area contributed by atoms with Crippen LogP contribution < -0.4 is 5.32 Å². The molecule has 0 radical (unpaired) electrons. The van der Waals surface area contributed by atoms with Gasteiger partial charge in [-0.15, -0.1) is 24.0 Å². The lowest BCUT2D eigenvalue weighted by atomic mass is 9.99. The van der Waals surface area contributed by atoms with Gasteiger partial charge in [-0.05, 0) is 43.2 Å². The third-order valence-corrected chi connectivity index (χ3v) is 5.37. The van der Waals surface area contributed by atoms with Gasteiger partial charge >= 0.3 is 0 Å². The molecular weight excluding hydrogens is 506 g/mol. The number of benzene rings is 2. The normalized spacial score (nSPS) is 16.3. The van der Waals surface area contributed by atoms with E-state index >= 15 is 0 Å². The van der Waals surface area contributed by atoms with E-state index in [1.165, 1.54) is 17.7 Å². The molecule has 31 heavy (non-hydrogen) atoms. The van der Waals surface area contributed by atoms with Gasteiger partial charge in [-0.25, -0.2) is 9.37 Å². The quantitative estimate of drug-likeness (QED) is 0.272. The van der Waals surface area contributed by atoms with E-state index in [1.54, 1.807) is 18.4 Å². The van der Waals surface area contributed by atoms with Crippen LogP contribution in [0.5, 0.6) is 0 Å². The minimum atomic E-state index is -0.271. The van der Waals surface area contributed by atoms with Crippen molar-refractivity contribution in [3.8, 4) is 11.5 Å². The van der Waals surface area contributed by atoms with Crippen LogP contribution in [0.15, 0.2) is 70.3 Å². The van der Waals surface area contributed by atoms with E-state index in [4.69, 9.17) is 9.41 Å². The zero-order valence-electron chi connectivity index (χ0n) is 17.6. The van der Waals surface area contributed by atoms with Crippen LogP contribution in [-0.4, -0.2) is 42.0 Å². The molecule has 0 amide bonds. The van der Waals surface area contributed by atoms with Crippen molar-refractivity contribution in [2.45, 2.75) is 25.7 Å². The fraction of sp³-hybridized carbons (Fsp3) is 0.333. The third kappa shape index (κ3) is 6.06. The summed E-state index contributed by atoms with van der Waals surface area (Å²) in [5, 5.41) is 3.42. The number of likely N-dealkylation sites (tertiary alicyclic amines) is 1. The van der Waals surface area contributed by atoms with Gasteiger partial charge in [0.25, 0.3) is 0 Å². The molecule has 1 unspecified atom stereocenters. The van der Waals surface area contributed by atoms with Crippen molar-refractivity contribution in [3.05, 3.63) is 77.9 Å². The van der Waals surface area contributed by atoms with Crippen molar-refractivity contribution >= 4 is 29.9 Å². The van der Waals surface area contributed by atoms with Crippen molar-refractivity contribution in [1.29, 1.82) is 0 Å². The molecule has 7 heteroatoms. The maximum atomic E-state index is 13.1. The number of nitrogens with zero attached hydrogens (tertiary/aromatic N) is 3. The molecule has 1 aromatic heterocycles. The van der Waals surface area contributed by atoms with Gasteiger partial charge in [0.05, 0.1) is 5.69 Å². The van der Waals surface area contributed by atoms with Crippen molar-refractivity contribution in [2.75, 3.05) is 26.2 Å². The lowest BCUT2D eigenvalue weighted by Gasteiger charge is -2.21. The number of oxazole rings is 1. The maximum absolute atomic E-state index is 13.1. The summed E-state index contributed by atoms with van der Waals surface area (Å²) < 4.78 is 18.6. The number of rotatable bonds is 6. The van der Waals surface area contributed by atoms with Gasteiger partial charge in [0.1, 0.15) is 12.1 Å². The fourth-order valence-electron chi connectivity index (χ4n) is 3.80. The first-order chi connectivity index (χ1) is 14.7. The Hall–Kier alpha value is -2.42. The van der Waals surface area contributed by atoms with E-state index in [0.29, 0.717) is 24.8 Å². The van der Waals surface area contributed by atoms with Crippen LogP contribution in [0.2, 0.25) is 0 Å². The Bertz CT molecular complexity index is 975. The molecule has 1 aliphatic heterocycles. The van der Waals surface area contributed by atoms with Crippen LogP contribution in [0.25, 0.3) is 11.5 Å². The van der Waals surface area contributed by atoms with E-state index in [-0.39, 0.29) is 29.8 Å². The zero-order chi connectivity index (χ0) is 20.8. The first kappa shape index (κ1) is 23.2. The van der Waals surface area contributed by atoms with Gasteiger partial charge < -0.3 is 14.6 Å². The highest BCUT2D eigenvalue weighted by Gasteiger charge is 2.25. The monoisotopic (exact) mass is 534 g/mol. The molecule has 4 rings (SSSR count). The minimum absolute atomic E-state index is 0. The molecule has 1 atom stereocenters. The predicted octanol–water partition coefficient (Wildman–Crippen LogP) is 5.10. The van der Waals surface area contributed by atoms with Gasteiger partial charge in [-0.3, -0.25) is 4.99 Å². The zero-order valence-corrected chi connectivity index (χ0v) is 20.0. The highest BCUT2D eigenvalue weighted by atomic mass is 127. The van der Waals surface area contributed by atoms with E-state index in [9.17, 15) is 4.39 Å². The maximum Gasteiger partial charge on any atom is 0.226 e. The number of aliphatic imine (C=N–C) groups is 1. The first-order valence-electron chi connectivity index (χ1n) is 10.5. The average molecular weight is 534 g/mol. The van der Waals surface area contributed by atoms with Crippen LogP contribution in [0.1, 0.15) is 30.5 Å². The van der Waals surface area contributed by atoms with E-state index < -0.39 is 0 Å². The predicted molar refractivity (Wildman–Crippen MR) is 132 cm³/mol. The van der Waals surface area contributed by atoms with Crippen molar-refractivity contribution in [1.82, 2.24) is 15.2 Å². The van der Waals surface area contributed by atoms with Gasteiger partial charge in [0.15, 0.2) is 5.96 Å². The third-order valence-electron chi connectivity index (χ3n) is 5.37. The van der Waals surface area contributed by atoms with Crippen LogP contribution in [0.3, 0.4) is 0 Å². The lowest BCUT2D eigenvalue weighted by molar-refractivity contribution is 0.486. The molecule has 0 spiro atoms. The van der Waals surface area contributed by atoms with Crippen LogP contribution in [0.4, 0.5) is 4.39 Å². The van der Waals surface area contributed by atoms with Crippen molar-refractivity contribution < 1.29 is 8.81 Å². The fourth-order valence-corrected chi connectivity index (χ4v) is 3.80. The summed E-state index contributed by atoms with van der Waals surface area (Å²) in [6.07, 6.45) is 3.48. The van der Waals surface area contributed by atoms with Gasteiger partial charge in [-0.1, -0.05) is 30.3 Å². The molecule has 5 nitrogen and oxygen atoms in total. The summed E-state index contributed by atoms with van der Waals surface area (Å²) >= 11 is 0. The first-order valence-corrected chi connectivity index (χ1v) is 10.5. The van der Waals surface area contributed by atoms with E-state index in [1.807, 2.05) is 0 Å². The number of halogens is 2. The second-order valence-corrected chi connectivity index (χ2v) is 7.48. The largest absolute Gasteiger partial charge is 0.444 e. The molecule has 0 aliphatic carbocycles. The number of aromatic nitrogens is 1. The Morgan fingerprint density at radius 3 is 2.71 bits per heavy atom. The smallest absolute Gasteiger partial charge is 0.226 e. The summed E-state index contributed by atoms with van der Waals surface area (Å²) in [5.41, 5.74) is 3.01. The summed E-state index contributed by atoms with van der Waals surface area (Å²) in [7, 11) is 0. The van der Waals surface area contributed by atoms with Gasteiger partial charge in [0, 0.05) is 44.1 Å². The molecule has 2 aromatic carbocycles. The highest BCUT2D eigenvalue weighted by molar-refractivity contribution is 14.0. The molecule has 164 valence electrons. The lowest BCUT2D eigenvalue weighted by Crippen LogP contribution is -2.40. The Balaban J connectivity index is 0.00000272. The minimum Gasteiger partial charge on any atom is -0.444 e. The summed E-state index contributed by atoms with van der Waals surface area (Å²) in [6.45, 7) is 5.54. The molecular formula is C24H28FIN4O. The molecule has 0 bridgehead atoms. The standard InChI is InChI=1S/C24H27FN4O.HI/c1-2-26-24(29-15-13-20(16-29)18-6-4-3-5-7-18)27-14-12-22-17-30-23(28-22)19-8-10-21(25)11-9-19;/h3-11,17,20H,2,12-16H2,1H3,(H,26,27);1H. The molecule has 1 fully saturated rings. The molecule has 1 N–H and O–H groups in total. The van der Waals surface area contributed by atoms with Crippen LogP contribution in [0, 0.1) is 5.82 Å². The average Bonchev–Trinajstić information content (AvgIpc) is 3.45. The highest BCUT2D eigenvalue weighted by Crippen LogP contribution is 2.27. The SMILES string of the molecule is CCNC(=NCCc1coc(-c2ccc(F)cc2)n1)N1CCC(c2ccccc2)C1.I. The Morgan fingerprint density at radius 1 is 1.19 bits per heavy atom. The van der Waals surface area contributed by atoms with Gasteiger partial charge in [-0.2, -0.15) is 0 Å². The topological polar surface area (TPSA) is 53.7 Å². The van der Waals surface area contributed by atoms with Gasteiger partial charge in [0.2, 0.25) is 5.89 Å². The Kier molecular flexibility index (Phi) is 8.45. The van der Waals surface area contributed by atoms with Crippen LogP contribution >= 0.6 is 24.0 Å². The second kappa shape index (κ2) is 11.3. The second-order valence-electron chi connectivity index (χ2n) is 7.48. The summed E-state index contributed by atoms with van der Waals surface area (Å²) in [5.74, 6) is 1.74. The Morgan fingerprint density at radius 2 is 1.97 bits per heavy atom. The van der Waals surface area contributed by atoms with E-state index in [0.717, 1.165) is 43.3 Å². The number of hydrogen-bond acceptors (Lipinski definition) is 3. The Labute approximate surface area is 199 Å². The molecule has 1 aliphatic rings. The van der Waals surface area contributed by atoms with Crippen molar-refractivity contribution in [2.24, 2.45) is 4.99 Å². The summed E-state index contributed by atoms with van der Waals surface area (Å²) in [4.78, 5) is 11.7. The van der Waals surface area contributed by atoms with Crippen LogP contribution in [-0.2, 0) is 6.42 Å². The van der Waals surface area contributed by atoms with E-state index in [2.05, 4.69) is 52.5 Å². The molecule has 3 aromatic rings. The number of hydrogen-bond donors (Lipinski definition) is 1. The summed E-state index contributed by atoms with van der Waals surface area (Å²) in [6, 6.07) is 16.8.